The van der Waals surface area contributed by atoms with Gasteiger partial charge in [-0.2, -0.15) is 0 Å². The molecule has 76 valence electrons. The maximum Gasteiger partial charge on any atom is 0.404 e. The maximum atomic E-state index is 10.5. The third-order valence-corrected chi connectivity index (χ3v) is 3.89. The zero-order valence-electron chi connectivity index (χ0n) is 7.62. The Labute approximate surface area is 94.4 Å². The minimum Gasteiger partial charge on any atom is -0.446 e. The first-order valence-electron chi connectivity index (χ1n) is 4.30. The van der Waals surface area contributed by atoms with Gasteiger partial charge in [0.25, 0.3) is 0 Å². The number of primary amides is 1. The Kier molecular flexibility index (Phi) is 2.53. The summed E-state index contributed by atoms with van der Waals surface area (Å²) < 4.78 is 6.04. The zero-order chi connectivity index (χ0) is 10.3. The molecule has 0 bridgehead atoms. The first-order chi connectivity index (χ1) is 6.58. The number of carbonyl (C=O) groups excluding carboxylic acids is 1. The van der Waals surface area contributed by atoms with E-state index in [0.29, 0.717) is 5.92 Å². The third kappa shape index (κ3) is 1.93. The summed E-state index contributed by atoms with van der Waals surface area (Å²) in [6.07, 6.45) is 0.213. The lowest BCUT2D eigenvalue weighted by molar-refractivity contribution is 0.147. The van der Waals surface area contributed by atoms with Crippen LogP contribution in [0.4, 0.5) is 4.79 Å². The minimum absolute atomic E-state index is 0.00676. The van der Waals surface area contributed by atoms with Crippen molar-refractivity contribution in [3.8, 4) is 0 Å². The molecule has 0 radical (unpaired) electrons. The largest absolute Gasteiger partial charge is 0.446 e. The monoisotopic (exact) mass is 275 g/mol. The summed E-state index contributed by atoms with van der Waals surface area (Å²) >= 11 is 5.14. The van der Waals surface area contributed by atoms with Gasteiger partial charge < -0.3 is 10.5 Å². The summed E-state index contributed by atoms with van der Waals surface area (Å²) in [5.74, 6) is 0.352. The van der Waals surface area contributed by atoms with Crippen LogP contribution in [0.3, 0.4) is 0 Å². The van der Waals surface area contributed by atoms with Gasteiger partial charge in [-0.25, -0.2) is 4.79 Å². The predicted octanol–water partition coefficient (Wildman–Crippen LogP) is 2.77. The number of hydrogen-bond acceptors (Lipinski definition) is 3. The van der Waals surface area contributed by atoms with E-state index in [4.69, 9.17) is 10.5 Å². The van der Waals surface area contributed by atoms with Crippen LogP contribution >= 0.6 is 27.3 Å². The average Bonchev–Trinajstić information content (AvgIpc) is 2.70. The van der Waals surface area contributed by atoms with Crippen LogP contribution in [0.1, 0.15) is 22.8 Å². The van der Waals surface area contributed by atoms with Crippen LogP contribution in [0.5, 0.6) is 0 Å². The lowest BCUT2D eigenvalue weighted by Gasteiger charge is -1.99. The molecule has 14 heavy (non-hydrogen) atoms. The Hall–Kier alpha value is -0.550. The summed E-state index contributed by atoms with van der Waals surface area (Å²) in [5.41, 5.74) is 6.22. The van der Waals surface area contributed by atoms with Crippen LogP contribution in [0.25, 0.3) is 0 Å². The van der Waals surface area contributed by atoms with Crippen LogP contribution in [-0.4, -0.2) is 12.2 Å². The zero-order valence-corrected chi connectivity index (χ0v) is 10.0. The van der Waals surface area contributed by atoms with Crippen LogP contribution in [0, 0.1) is 6.92 Å². The number of aryl methyl sites for hydroxylation is 1. The fraction of sp³-hybridized carbons (Fsp3) is 0.444. The first-order valence-corrected chi connectivity index (χ1v) is 5.91. The SMILES string of the molecule is Cc1sc(Br)cc1C1CC1OC(N)=O. The van der Waals surface area contributed by atoms with Gasteiger partial charge in [0.15, 0.2) is 0 Å². The molecule has 0 aromatic carbocycles. The highest BCUT2D eigenvalue weighted by atomic mass is 79.9. The highest BCUT2D eigenvalue weighted by molar-refractivity contribution is 9.11. The van der Waals surface area contributed by atoms with Gasteiger partial charge in [-0.1, -0.05) is 0 Å². The highest BCUT2D eigenvalue weighted by Crippen LogP contribution is 2.47. The third-order valence-electron chi connectivity index (χ3n) is 2.32. The molecular weight excluding hydrogens is 266 g/mol. The van der Waals surface area contributed by atoms with E-state index in [1.807, 2.05) is 0 Å². The summed E-state index contributed by atoms with van der Waals surface area (Å²) in [7, 11) is 0. The number of amides is 1. The Morgan fingerprint density at radius 1 is 1.79 bits per heavy atom. The number of thiophene rings is 1. The molecule has 2 atom stereocenters. The van der Waals surface area contributed by atoms with Crippen LogP contribution < -0.4 is 5.73 Å². The van der Waals surface area contributed by atoms with Crippen molar-refractivity contribution >= 4 is 33.4 Å². The lowest BCUT2D eigenvalue weighted by atomic mass is 10.2. The summed E-state index contributed by atoms with van der Waals surface area (Å²) in [4.78, 5) is 11.8. The molecule has 0 saturated heterocycles. The number of carbonyl (C=O) groups is 1. The van der Waals surface area contributed by atoms with E-state index in [-0.39, 0.29) is 6.10 Å². The topological polar surface area (TPSA) is 52.3 Å². The van der Waals surface area contributed by atoms with E-state index in [1.54, 1.807) is 11.3 Å². The van der Waals surface area contributed by atoms with E-state index in [0.717, 1.165) is 10.2 Å². The Morgan fingerprint density at radius 2 is 2.50 bits per heavy atom. The van der Waals surface area contributed by atoms with Gasteiger partial charge in [0, 0.05) is 10.8 Å². The Bertz CT molecular complexity index is 377. The molecule has 1 aromatic heterocycles. The van der Waals surface area contributed by atoms with Gasteiger partial charge >= 0.3 is 6.09 Å². The van der Waals surface area contributed by atoms with Crippen molar-refractivity contribution < 1.29 is 9.53 Å². The molecule has 5 heteroatoms. The fourth-order valence-electron chi connectivity index (χ4n) is 1.61. The van der Waals surface area contributed by atoms with Crippen LogP contribution in [-0.2, 0) is 4.74 Å². The number of nitrogens with two attached hydrogens (primary N) is 1. The van der Waals surface area contributed by atoms with Crippen LogP contribution in [0.15, 0.2) is 9.85 Å². The lowest BCUT2D eigenvalue weighted by Crippen LogP contribution is -2.14. The molecule has 0 aliphatic heterocycles. The number of rotatable bonds is 2. The molecule has 1 heterocycles. The molecule has 1 aromatic rings. The molecule has 2 N–H and O–H groups in total. The molecule has 1 aliphatic rings. The predicted molar refractivity (Wildman–Crippen MR) is 58.6 cm³/mol. The Morgan fingerprint density at radius 3 is 3.00 bits per heavy atom. The molecule has 0 spiro atoms. The van der Waals surface area contributed by atoms with Gasteiger partial charge in [-0.05, 0) is 40.9 Å². The van der Waals surface area contributed by atoms with Crippen LogP contribution in [0.2, 0.25) is 0 Å². The number of hydrogen-bond donors (Lipinski definition) is 1. The van der Waals surface area contributed by atoms with Gasteiger partial charge in [0.2, 0.25) is 0 Å². The maximum absolute atomic E-state index is 10.5. The van der Waals surface area contributed by atoms with Gasteiger partial charge in [0.05, 0.1) is 3.79 Å². The smallest absolute Gasteiger partial charge is 0.404 e. The van der Waals surface area contributed by atoms with Crippen molar-refractivity contribution in [2.24, 2.45) is 5.73 Å². The van der Waals surface area contributed by atoms with Gasteiger partial charge in [0.1, 0.15) is 6.10 Å². The van der Waals surface area contributed by atoms with E-state index >= 15 is 0 Å². The standard InChI is InChI=1S/C9H10BrNO2S/c1-4-5(3-8(10)14-4)6-2-7(6)13-9(11)12/h3,6-7H,2H2,1H3,(H2,11,12). The molecule has 1 amide bonds. The van der Waals surface area contributed by atoms with E-state index in [1.165, 1.54) is 10.4 Å². The van der Waals surface area contributed by atoms with Crippen molar-refractivity contribution in [1.29, 1.82) is 0 Å². The van der Waals surface area contributed by atoms with E-state index < -0.39 is 6.09 Å². The quantitative estimate of drug-likeness (QED) is 0.903. The minimum atomic E-state index is -0.676. The molecular formula is C9H10BrNO2S. The van der Waals surface area contributed by atoms with Crippen molar-refractivity contribution in [3.63, 3.8) is 0 Å². The molecule has 2 rings (SSSR count). The summed E-state index contributed by atoms with van der Waals surface area (Å²) in [6.45, 7) is 2.07. The molecule has 1 fully saturated rings. The Balaban J connectivity index is 2.05. The fourth-order valence-corrected chi connectivity index (χ4v) is 3.39. The van der Waals surface area contributed by atoms with Crippen molar-refractivity contribution in [3.05, 3.63) is 20.3 Å². The second kappa shape index (κ2) is 3.55. The van der Waals surface area contributed by atoms with Gasteiger partial charge in [-0.3, -0.25) is 0 Å². The summed E-state index contributed by atoms with van der Waals surface area (Å²) in [5, 5.41) is 0. The molecule has 1 aliphatic carbocycles. The molecule has 1 saturated carbocycles. The number of ether oxygens (including phenoxy) is 1. The normalized spacial score (nSPS) is 24.7. The molecule has 3 nitrogen and oxygen atoms in total. The van der Waals surface area contributed by atoms with E-state index in [9.17, 15) is 4.79 Å². The number of halogens is 1. The second-order valence-electron chi connectivity index (χ2n) is 3.38. The highest BCUT2D eigenvalue weighted by Gasteiger charge is 2.43. The van der Waals surface area contributed by atoms with E-state index in [2.05, 4.69) is 28.9 Å². The second-order valence-corrected chi connectivity index (χ2v) is 6.02. The average molecular weight is 276 g/mol. The molecule has 2 unspecified atom stereocenters. The van der Waals surface area contributed by atoms with Gasteiger partial charge in [-0.15, -0.1) is 11.3 Å². The van der Waals surface area contributed by atoms with Crippen molar-refractivity contribution in [2.75, 3.05) is 0 Å². The summed E-state index contributed by atoms with van der Waals surface area (Å²) in [6, 6.07) is 2.09. The van der Waals surface area contributed by atoms with Crippen molar-refractivity contribution in [2.45, 2.75) is 25.4 Å². The first kappa shape index (κ1) is 9.98. The van der Waals surface area contributed by atoms with Crippen molar-refractivity contribution in [1.82, 2.24) is 0 Å².